The van der Waals surface area contributed by atoms with Gasteiger partial charge in [-0.1, -0.05) is 42.5 Å². The Balaban J connectivity index is 1.71. The van der Waals surface area contributed by atoms with Gasteiger partial charge < -0.3 is 19.7 Å². The quantitative estimate of drug-likeness (QED) is 0.436. The van der Waals surface area contributed by atoms with E-state index in [0.717, 1.165) is 17.7 Å². The summed E-state index contributed by atoms with van der Waals surface area (Å²) in [6.45, 7) is -0.0848. The number of nitrogens with zero attached hydrogens (tertiary/aromatic N) is 1. The molecule has 4 aromatic rings. The topological polar surface area (TPSA) is 80.6 Å². The number of hydrogen-bond acceptors (Lipinski definition) is 4. The van der Waals surface area contributed by atoms with Crippen LogP contribution in [-0.4, -0.2) is 29.2 Å². The summed E-state index contributed by atoms with van der Waals surface area (Å²) in [5.74, 6) is -1.88. The summed E-state index contributed by atoms with van der Waals surface area (Å²) in [5, 5.41) is 12.3. The van der Waals surface area contributed by atoms with Crippen molar-refractivity contribution in [1.82, 2.24) is 9.88 Å². The van der Waals surface area contributed by atoms with Crippen molar-refractivity contribution in [1.29, 1.82) is 0 Å². The van der Waals surface area contributed by atoms with E-state index in [-0.39, 0.29) is 24.2 Å². The van der Waals surface area contributed by atoms with E-state index in [1.807, 2.05) is 0 Å². The van der Waals surface area contributed by atoms with Gasteiger partial charge in [-0.05, 0) is 35.4 Å². The lowest BCUT2D eigenvalue weighted by molar-refractivity contribution is 0.0914. The molecule has 3 aromatic carbocycles. The van der Waals surface area contributed by atoms with Crippen LogP contribution in [-0.2, 0) is 6.54 Å². The molecule has 0 bridgehead atoms. The minimum atomic E-state index is -0.999. The number of benzene rings is 3. The normalized spacial score (nSPS) is 11.9. The Labute approximate surface area is 194 Å². The Hall–Kier alpha value is -4.04. The van der Waals surface area contributed by atoms with E-state index < -0.39 is 34.5 Å². The van der Waals surface area contributed by atoms with Gasteiger partial charge in [-0.2, -0.15) is 0 Å². The number of nitrogens with one attached hydrogen (secondary N) is 1. The molecule has 8 heteroatoms. The zero-order valence-electron chi connectivity index (χ0n) is 18.3. The first-order valence-corrected chi connectivity index (χ1v) is 10.5. The second kappa shape index (κ2) is 9.84. The van der Waals surface area contributed by atoms with Crippen LogP contribution in [0.2, 0.25) is 0 Å². The third-order valence-electron chi connectivity index (χ3n) is 5.52. The number of ether oxygens (including phenoxy) is 1. The number of aliphatic hydroxyl groups is 1. The van der Waals surface area contributed by atoms with Crippen LogP contribution in [0.4, 0.5) is 8.78 Å². The maximum atomic E-state index is 14.7. The molecule has 1 atom stereocenters. The lowest BCUT2D eigenvalue weighted by Gasteiger charge is -2.16. The van der Waals surface area contributed by atoms with Crippen molar-refractivity contribution >= 4 is 16.8 Å². The summed E-state index contributed by atoms with van der Waals surface area (Å²) in [7, 11) is 1.53. The molecule has 0 saturated carbocycles. The summed E-state index contributed by atoms with van der Waals surface area (Å²) >= 11 is 0. The van der Waals surface area contributed by atoms with Crippen LogP contribution in [0.15, 0.2) is 77.7 Å². The fourth-order valence-electron chi connectivity index (χ4n) is 3.74. The van der Waals surface area contributed by atoms with Gasteiger partial charge in [0.15, 0.2) is 0 Å². The predicted octanol–water partition coefficient (Wildman–Crippen LogP) is 3.80. The number of rotatable bonds is 7. The number of amides is 1. The molecular weight excluding hydrogens is 442 g/mol. The maximum Gasteiger partial charge on any atom is 0.256 e. The molecule has 6 nitrogen and oxygen atoms in total. The standard InChI is InChI=1S/C26H22F2N2O4/c1-34-18-9-7-16(8-10-18)14-30-15-19(25(32)23-20(27)11-12-21(28)24(23)30)26(33)29-13-22(31)17-5-3-2-4-6-17/h2-12,15,22,31H,13-14H2,1H3,(H,29,33). The van der Waals surface area contributed by atoms with Gasteiger partial charge in [0.1, 0.15) is 22.9 Å². The number of halogens is 2. The predicted molar refractivity (Wildman–Crippen MR) is 124 cm³/mol. The second-order valence-electron chi connectivity index (χ2n) is 7.74. The third-order valence-corrected chi connectivity index (χ3v) is 5.52. The number of aliphatic hydroxyl groups excluding tert-OH is 1. The Kier molecular flexibility index (Phi) is 6.70. The molecule has 174 valence electrons. The van der Waals surface area contributed by atoms with Crippen LogP contribution in [0.3, 0.4) is 0 Å². The first-order chi connectivity index (χ1) is 16.4. The largest absolute Gasteiger partial charge is 0.497 e. The number of fused-ring (bicyclic) bond motifs is 1. The monoisotopic (exact) mass is 464 g/mol. The highest BCUT2D eigenvalue weighted by Gasteiger charge is 2.21. The fraction of sp³-hybridized carbons (Fsp3) is 0.154. The fourth-order valence-corrected chi connectivity index (χ4v) is 3.74. The smallest absolute Gasteiger partial charge is 0.256 e. The highest BCUT2D eigenvalue weighted by molar-refractivity contribution is 5.97. The molecule has 4 rings (SSSR count). The van der Waals surface area contributed by atoms with Crippen molar-refractivity contribution in [2.75, 3.05) is 13.7 Å². The van der Waals surface area contributed by atoms with Crippen molar-refractivity contribution < 1.29 is 23.4 Å². The number of methoxy groups -OCH3 is 1. The first kappa shape index (κ1) is 23.1. The van der Waals surface area contributed by atoms with E-state index in [2.05, 4.69) is 5.32 Å². The average Bonchev–Trinajstić information content (AvgIpc) is 2.86. The van der Waals surface area contributed by atoms with Gasteiger partial charge in [0.2, 0.25) is 5.43 Å². The van der Waals surface area contributed by atoms with Crippen LogP contribution in [0.1, 0.15) is 27.6 Å². The molecule has 1 aromatic heterocycles. The van der Waals surface area contributed by atoms with Crippen molar-refractivity contribution in [3.05, 3.63) is 111 Å². The van der Waals surface area contributed by atoms with E-state index in [1.54, 1.807) is 54.6 Å². The van der Waals surface area contributed by atoms with Gasteiger partial charge in [0.05, 0.1) is 24.1 Å². The highest BCUT2D eigenvalue weighted by Crippen LogP contribution is 2.21. The highest BCUT2D eigenvalue weighted by atomic mass is 19.1. The summed E-state index contributed by atoms with van der Waals surface area (Å²) in [4.78, 5) is 25.8. The maximum absolute atomic E-state index is 14.7. The molecular formula is C26H22F2N2O4. The molecule has 0 saturated heterocycles. The van der Waals surface area contributed by atoms with Gasteiger partial charge in [-0.15, -0.1) is 0 Å². The van der Waals surface area contributed by atoms with Gasteiger partial charge >= 0.3 is 0 Å². The molecule has 0 fully saturated rings. The Morgan fingerprint density at radius 3 is 2.38 bits per heavy atom. The van der Waals surface area contributed by atoms with E-state index in [0.29, 0.717) is 11.3 Å². The van der Waals surface area contributed by atoms with Crippen LogP contribution in [0, 0.1) is 11.6 Å². The number of aromatic nitrogens is 1. The minimum Gasteiger partial charge on any atom is -0.497 e. The number of pyridine rings is 1. The Morgan fingerprint density at radius 1 is 1.03 bits per heavy atom. The summed E-state index contributed by atoms with van der Waals surface area (Å²) in [5.41, 5.74) is -0.205. The van der Waals surface area contributed by atoms with Gasteiger partial charge in [0, 0.05) is 19.3 Å². The Bertz CT molecular complexity index is 1390. The van der Waals surface area contributed by atoms with Crippen molar-refractivity contribution in [3.8, 4) is 5.75 Å². The van der Waals surface area contributed by atoms with Crippen molar-refractivity contribution in [2.24, 2.45) is 0 Å². The molecule has 1 heterocycles. The third kappa shape index (κ3) is 4.67. The first-order valence-electron chi connectivity index (χ1n) is 10.5. The van der Waals surface area contributed by atoms with E-state index in [9.17, 15) is 23.5 Å². The molecule has 0 aliphatic heterocycles. The van der Waals surface area contributed by atoms with Crippen LogP contribution in [0.5, 0.6) is 5.75 Å². The van der Waals surface area contributed by atoms with Crippen LogP contribution < -0.4 is 15.5 Å². The molecule has 0 aliphatic carbocycles. The van der Waals surface area contributed by atoms with Crippen molar-refractivity contribution in [2.45, 2.75) is 12.6 Å². The van der Waals surface area contributed by atoms with Gasteiger partial charge in [-0.25, -0.2) is 8.78 Å². The zero-order valence-corrected chi connectivity index (χ0v) is 18.3. The minimum absolute atomic E-state index is 0.0774. The number of carbonyl (C=O) groups is 1. The Morgan fingerprint density at radius 2 is 1.71 bits per heavy atom. The van der Waals surface area contributed by atoms with Crippen LogP contribution in [0.25, 0.3) is 10.9 Å². The average molecular weight is 464 g/mol. The van der Waals surface area contributed by atoms with E-state index in [4.69, 9.17) is 4.74 Å². The number of hydrogen-bond donors (Lipinski definition) is 2. The summed E-state index contributed by atoms with van der Waals surface area (Å²) < 4.78 is 35.8. The molecule has 2 N–H and O–H groups in total. The van der Waals surface area contributed by atoms with Gasteiger partial charge in [-0.3, -0.25) is 9.59 Å². The molecule has 0 aliphatic rings. The second-order valence-corrected chi connectivity index (χ2v) is 7.74. The molecule has 1 amide bonds. The molecule has 34 heavy (non-hydrogen) atoms. The van der Waals surface area contributed by atoms with E-state index in [1.165, 1.54) is 17.9 Å². The SMILES string of the molecule is COc1ccc(Cn2cc(C(=O)NCC(O)c3ccccc3)c(=O)c3c(F)ccc(F)c32)cc1. The molecule has 1 unspecified atom stereocenters. The summed E-state index contributed by atoms with van der Waals surface area (Å²) in [6.07, 6.45) is 0.211. The number of carbonyl (C=O) groups excluding carboxylic acids is 1. The lowest BCUT2D eigenvalue weighted by atomic mass is 10.1. The zero-order chi connectivity index (χ0) is 24.2. The van der Waals surface area contributed by atoms with Crippen molar-refractivity contribution in [3.63, 3.8) is 0 Å². The summed E-state index contributed by atoms with van der Waals surface area (Å²) in [6, 6.07) is 17.4. The van der Waals surface area contributed by atoms with E-state index >= 15 is 0 Å². The van der Waals surface area contributed by atoms with Crippen LogP contribution >= 0.6 is 0 Å². The lowest BCUT2D eigenvalue weighted by Crippen LogP contribution is -2.33. The molecule has 0 spiro atoms. The molecule has 0 radical (unpaired) electrons. The van der Waals surface area contributed by atoms with Gasteiger partial charge in [0.25, 0.3) is 5.91 Å².